The standard InChI is InChI=1S/C20H13FN2O/c21-17-13-23(20(24)18-8-4-5-11-22-18)19-12-15(9-10-16(17)19)14-6-2-1-3-7-14/h1-13H. The minimum Gasteiger partial charge on any atom is -0.279 e. The lowest BCUT2D eigenvalue weighted by molar-refractivity contribution is 0.0959. The van der Waals surface area contributed by atoms with Gasteiger partial charge in [0.15, 0.2) is 0 Å². The Hall–Kier alpha value is -3.27. The van der Waals surface area contributed by atoms with E-state index in [1.807, 2.05) is 42.5 Å². The van der Waals surface area contributed by atoms with E-state index in [2.05, 4.69) is 4.98 Å². The first-order valence-electron chi connectivity index (χ1n) is 7.56. The quantitative estimate of drug-likeness (QED) is 0.544. The van der Waals surface area contributed by atoms with Gasteiger partial charge in [0.25, 0.3) is 5.91 Å². The summed E-state index contributed by atoms with van der Waals surface area (Å²) >= 11 is 0. The fraction of sp³-hybridized carbons (Fsp3) is 0. The Labute approximate surface area is 138 Å². The Morgan fingerprint density at radius 2 is 1.71 bits per heavy atom. The lowest BCUT2D eigenvalue weighted by atomic mass is 10.0. The van der Waals surface area contributed by atoms with Crippen molar-refractivity contribution in [1.29, 1.82) is 0 Å². The summed E-state index contributed by atoms with van der Waals surface area (Å²) in [6, 6.07) is 20.3. The maximum absolute atomic E-state index is 14.2. The Balaban J connectivity index is 1.89. The third-order valence-electron chi connectivity index (χ3n) is 3.97. The van der Waals surface area contributed by atoms with Crippen molar-refractivity contribution >= 4 is 16.8 Å². The monoisotopic (exact) mass is 316 g/mol. The fourth-order valence-corrected chi connectivity index (χ4v) is 2.78. The SMILES string of the molecule is O=C(c1ccccn1)n1cc(F)c2ccc(-c3ccccc3)cc21. The molecule has 4 rings (SSSR count). The number of benzene rings is 2. The molecule has 0 aliphatic rings. The largest absolute Gasteiger partial charge is 0.281 e. The summed E-state index contributed by atoms with van der Waals surface area (Å²) in [6.45, 7) is 0. The third-order valence-corrected chi connectivity index (χ3v) is 3.97. The molecule has 2 aromatic carbocycles. The minimum atomic E-state index is -0.422. The van der Waals surface area contributed by atoms with E-state index in [-0.39, 0.29) is 11.6 Å². The second kappa shape index (κ2) is 5.74. The molecule has 0 unspecified atom stereocenters. The van der Waals surface area contributed by atoms with E-state index in [4.69, 9.17) is 0 Å². The van der Waals surface area contributed by atoms with Gasteiger partial charge in [-0.15, -0.1) is 0 Å². The summed E-state index contributed by atoms with van der Waals surface area (Å²) in [5.41, 5.74) is 2.75. The number of aromatic nitrogens is 2. The molecule has 4 aromatic rings. The van der Waals surface area contributed by atoms with E-state index in [9.17, 15) is 9.18 Å². The van der Waals surface area contributed by atoms with Crippen LogP contribution in [0.3, 0.4) is 0 Å². The van der Waals surface area contributed by atoms with Crippen LogP contribution < -0.4 is 0 Å². The fourth-order valence-electron chi connectivity index (χ4n) is 2.78. The number of fused-ring (bicyclic) bond motifs is 1. The molecule has 0 amide bonds. The van der Waals surface area contributed by atoms with Crippen molar-refractivity contribution in [2.24, 2.45) is 0 Å². The molecule has 3 nitrogen and oxygen atoms in total. The van der Waals surface area contributed by atoms with Crippen molar-refractivity contribution in [3.05, 3.63) is 90.6 Å². The van der Waals surface area contributed by atoms with E-state index in [0.29, 0.717) is 10.9 Å². The number of hydrogen-bond acceptors (Lipinski definition) is 2. The molecule has 0 fully saturated rings. The van der Waals surface area contributed by atoms with Crippen LogP contribution in [0.4, 0.5) is 4.39 Å². The predicted molar refractivity (Wildman–Crippen MR) is 91.3 cm³/mol. The van der Waals surface area contributed by atoms with Gasteiger partial charge in [-0.25, -0.2) is 4.39 Å². The first kappa shape index (κ1) is 14.3. The Morgan fingerprint density at radius 1 is 0.917 bits per heavy atom. The molecular formula is C20H13FN2O. The van der Waals surface area contributed by atoms with Crippen molar-refractivity contribution in [1.82, 2.24) is 9.55 Å². The van der Waals surface area contributed by atoms with Crippen molar-refractivity contribution < 1.29 is 9.18 Å². The van der Waals surface area contributed by atoms with Gasteiger partial charge in [0.2, 0.25) is 0 Å². The van der Waals surface area contributed by atoms with Gasteiger partial charge < -0.3 is 0 Å². The molecule has 0 spiro atoms. The second-order valence-corrected chi connectivity index (χ2v) is 5.47. The van der Waals surface area contributed by atoms with Gasteiger partial charge in [0.1, 0.15) is 11.5 Å². The molecule has 2 aromatic heterocycles. The minimum absolute atomic E-state index is 0.277. The van der Waals surface area contributed by atoms with Gasteiger partial charge in [-0.2, -0.15) is 0 Å². The smallest absolute Gasteiger partial charge is 0.279 e. The van der Waals surface area contributed by atoms with Crippen molar-refractivity contribution in [2.75, 3.05) is 0 Å². The molecule has 0 atom stereocenters. The Kier molecular flexibility index (Phi) is 3.43. The molecule has 0 aliphatic heterocycles. The van der Waals surface area contributed by atoms with E-state index in [1.54, 1.807) is 30.5 Å². The van der Waals surface area contributed by atoms with E-state index < -0.39 is 5.82 Å². The summed E-state index contributed by atoms with van der Waals surface area (Å²) in [5.74, 6) is -0.774. The summed E-state index contributed by atoms with van der Waals surface area (Å²) in [7, 11) is 0. The lowest BCUT2D eigenvalue weighted by Crippen LogP contribution is -2.12. The van der Waals surface area contributed by atoms with E-state index in [0.717, 1.165) is 11.1 Å². The van der Waals surface area contributed by atoms with Crippen LogP contribution in [0.2, 0.25) is 0 Å². The van der Waals surface area contributed by atoms with Gasteiger partial charge in [0.05, 0.1) is 5.52 Å². The van der Waals surface area contributed by atoms with Crippen molar-refractivity contribution in [2.45, 2.75) is 0 Å². The summed E-state index contributed by atoms with van der Waals surface area (Å²) in [5, 5.41) is 0.416. The number of pyridine rings is 1. The van der Waals surface area contributed by atoms with Crippen LogP contribution in [-0.4, -0.2) is 15.5 Å². The van der Waals surface area contributed by atoms with Crippen LogP contribution in [0.25, 0.3) is 22.0 Å². The molecule has 0 aliphatic carbocycles. The number of hydrogen-bond donors (Lipinski definition) is 0. The van der Waals surface area contributed by atoms with E-state index in [1.165, 1.54) is 10.8 Å². The zero-order chi connectivity index (χ0) is 16.5. The highest BCUT2D eigenvalue weighted by atomic mass is 19.1. The molecule has 0 N–H and O–H groups in total. The third kappa shape index (κ3) is 2.38. The van der Waals surface area contributed by atoms with Crippen LogP contribution in [0.5, 0.6) is 0 Å². The number of halogens is 1. The molecule has 0 radical (unpaired) electrons. The van der Waals surface area contributed by atoms with Crippen LogP contribution in [0.1, 0.15) is 10.5 Å². The number of nitrogens with zero attached hydrogens (tertiary/aromatic N) is 2. The highest BCUT2D eigenvalue weighted by Gasteiger charge is 2.16. The molecule has 24 heavy (non-hydrogen) atoms. The predicted octanol–water partition coefficient (Wildman–Crippen LogP) is 4.53. The number of rotatable bonds is 2. The molecule has 0 saturated heterocycles. The van der Waals surface area contributed by atoms with Crippen LogP contribution in [-0.2, 0) is 0 Å². The molecule has 2 heterocycles. The van der Waals surface area contributed by atoms with Gasteiger partial charge >= 0.3 is 0 Å². The molecular weight excluding hydrogens is 303 g/mol. The maximum atomic E-state index is 14.2. The molecule has 116 valence electrons. The highest BCUT2D eigenvalue weighted by Crippen LogP contribution is 2.27. The topological polar surface area (TPSA) is 34.9 Å². The molecule has 4 heteroatoms. The summed E-state index contributed by atoms with van der Waals surface area (Å²) < 4.78 is 15.5. The Bertz CT molecular complexity index is 1020. The average molecular weight is 316 g/mol. The maximum Gasteiger partial charge on any atom is 0.281 e. The highest BCUT2D eigenvalue weighted by molar-refractivity contribution is 6.01. The molecule has 0 saturated carbocycles. The zero-order valence-electron chi connectivity index (χ0n) is 12.7. The van der Waals surface area contributed by atoms with Gasteiger partial charge in [-0.3, -0.25) is 14.3 Å². The second-order valence-electron chi connectivity index (χ2n) is 5.47. The average Bonchev–Trinajstić information content (AvgIpc) is 2.99. The number of carbonyl (C=O) groups excluding carboxylic acids is 1. The number of carbonyl (C=O) groups is 1. The van der Waals surface area contributed by atoms with Crippen molar-refractivity contribution in [3.8, 4) is 11.1 Å². The Morgan fingerprint density at radius 3 is 2.46 bits per heavy atom. The van der Waals surface area contributed by atoms with Gasteiger partial charge in [0, 0.05) is 17.8 Å². The summed E-state index contributed by atoms with van der Waals surface area (Å²) in [6.07, 6.45) is 2.77. The van der Waals surface area contributed by atoms with Crippen LogP contribution >= 0.6 is 0 Å². The van der Waals surface area contributed by atoms with Crippen molar-refractivity contribution in [3.63, 3.8) is 0 Å². The van der Waals surface area contributed by atoms with Crippen LogP contribution in [0, 0.1) is 5.82 Å². The first-order chi connectivity index (χ1) is 11.7. The van der Waals surface area contributed by atoms with Gasteiger partial charge in [-0.05, 0) is 35.4 Å². The lowest BCUT2D eigenvalue weighted by Gasteiger charge is -2.06. The van der Waals surface area contributed by atoms with Gasteiger partial charge in [-0.1, -0.05) is 42.5 Å². The molecule has 0 bridgehead atoms. The first-order valence-corrected chi connectivity index (χ1v) is 7.56. The summed E-state index contributed by atoms with van der Waals surface area (Å²) in [4.78, 5) is 16.7. The van der Waals surface area contributed by atoms with Crippen LogP contribution in [0.15, 0.2) is 79.1 Å². The van der Waals surface area contributed by atoms with E-state index >= 15 is 0 Å². The zero-order valence-corrected chi connectivity index (χ0v) is 12.7. The normalized spacial score (nSPS) is 10.9.